The topological polar surface area (TPSA) is 33.2 Å². The Hall–Kier alpha value is -2.46. The molecule has 1 aliphatic heterocycles. The molecule has 1 amide bonds. The third-order valence-electron chi connectivity index (χ3n) is 4.75. The van der Waals surface area contributed by atoms with Crippen LogP contribution in [0, 0.1) is 6.92 Å². The molecule has 0 radical (unpaired) electrons. The highest BCUT2D eigenvalue weighted by Crippen LogP contribution is 2.35. The van der Waals surface area contributed by atoms with E-state index < -0.39 is 0 Å². The second-order valence-electron chi connectivity index (χ2n) is 6.48. The Kier molecular flexibility index (Phi) is 4.36. The molecular formula is C21H20N2OS. The van der Waals surface area contributed by atoms with Crippen molar-refractivity contribution in [3.63, 3.8) is 0 Å². The number of nitrogens with zero attached hydrogens (tertiary/aromatic N) is 2. The lowest BCUT2D eigenvalue weighted by atomic mass is 9.87. The second kappa shape index (κ2) is 6.81. The number of carbonyl (C=O) groups is 1. The molecule has 0 spiro atoms. The monoisotopic (exact) mass is 348 g/mol. The van der Waals surface area contributed by atoms with Gasteiger partial charge in [0, 0.05) is 23.8 Å². The van der Waals surface area contributed by atoms with E-state index in [0.717, 1.165) is 23.4 Å². The fraction of sp³-hybridized carbons (Fsp3) is 0.238. The van der Waals surface area contributed by atoms with Crippen LogP contribution in [0.15, 0.2) is 60.2 Å². The normalized spacial score (nSPS) is 16.5. The minimum Gasteiger partial charge on any atom is -0.331 e. The van der Waals surface area contributed by atoms with E-state index in [4.69, 9.17) is 0 Å². The molecule has 0 saturated carbocycles. The van der Waals surface area contributed by atoms with Crippen LogP contribution in [0.25, 0.3) is 0 Å². The Balaban J connectivity index is 1.73. The molecule has 4 heteroatoms. The van der Waals surface area contributed by atoms with Crippen LogP contribution < -0.4 is 0 Å². The third kappa shape index (κ3) is 3.22. The number of fused-ring (bicyclic) bond motifs is 1. The zero-order valence-electron chi connectivity index (χ0n) is 14.2. The van der Waals surface area contributed by atoms with Gasteiger partial charge in [0.2, 0.25) is 5.91 Å². The van der Waals surface area contributed by atoms with Gasteiger partial charge in [-0.25, -0.2) is 0 Å². The van der Waals surface area contributed by atoms with E-state index >= 15 is 0 Å². The summed E-state index contributed by atoms with van der Waals surface area (Å²) in [5.41, 5.74) is 4.91. The molecule has 0 saturated heterocycles. The van der Waals surface area contributed by atoms with Crippen LogP contribution in [0.2, 0.25) is 0 Å². The van der Waals surface area contributed by atoms with Crippen LogP contribution in [0.5, 0.6) is 0 Å². The molecule has 3 heterocycles. The third-order valence-corrected chi connectivity index (χ3v) is 5.63. The van der Waals surface area contributed by atoms with Crippen molar-refractivity contribution in [1.82, 2.24) is 9.88 Å². The minimum atomic E-state index is -0.0505. The van der Waals surface area contributed by atoms with Crippen molar-refractivity contribution in [2.75, 3.05) is 6.54 Å². The Morgan fingerprint density at radius 2 is 2.20 bits per heavy atom. The first-order chi connectivity index (χ1) is 12.2. The molecule has 0 aliphatic carbocycles. The zero-order chi connectivity index (χ0) is 17.2. The number of hydrogen-bond donors (Lipinski definition) is 0. The summed E-state index contributed by atoms with van der Waals surface area (Å²) in [6, 6.07) is 14.5. The van der Waals surface area contributed by atoms with E-state index in [2.05, 4.69) is 36.2 Å². The SMILES string of the molecule is Cc1ccc2c(c1)CCN(C(=O)Cc1cccs1)C2c1cccnc1. The van der Waals surface area contributed by atoms with Crippen LogP contribution in [-0.2, 0) is 17.6 Å². The van der Waals surface area contributed by atoms with E-state index in [1.807, 2.05) is 34.7 Å². The number of aryl methyl sites for hydroxylation is 1. The smallest absolute Gasteiger partial charge is 0.228 e. The van der Waals surface area contributed by atoms with E-state index in [1.165, 1.54) is 16.7 Å². The first-order valence-electron chi connectivity index (χ1n) is 8.53. The first kappa shape index (κ1) is 16.0. The van der Waals surface area contributed by atoms with Gasteiger partial charge in [0.15, 0.2) is 0 Å². The number of carbonyl (C=O) groups excluding carboxylic acids is 1. The van der Waals surface area contributed by atoms with Crippen LogP contribution in [0.3, 0.4) is 0 Å². The van der Waals surface area contributed by atoms with Gasteiger partial charge in [0.1, 0.15) is 0 Å². The molecule has 1 atom stereocenters. The molecular weight excluding hydrogens is 328 g/mol. The van der Waals surface area contributed by atoms with Gasteiger partial charge in [-0.15, -0.1) is 11.3 Å². The zero-order valence-corrected chi connectivity index (χ0v) is 15.0. The van der Waals surface area contributed by atoms with Gasteiger partial charge in [0.05, 0.1) is 12.5 Å². The fourth-order valence-electron chi connectivity index (χ4n) is 3.59. The van der Waals surface area contributed by atoms with Crippen molar-refractivity contribution in [1.29, 1.82) is 0 Å². The van der Waals surface area contributed by atoms with Crippen molar-refractivity contribution in [3.8, 4) is 0 Å². The summed E-state index contributed by atoms with van der Waals surface area (Å²) in [6.45, 7) is 2.87. The molecule has 2 aromatic heterocycles. The molecule has 25 heavy (non-hydrogen) atoms. The lowest BCUT2D eigenvalue weighted by molar-refractivity contribution is -0.132. The maximum Gasteiger partial charge on any atom is 0.228 e. The van der Waals surface area contributed by atoms with Crippen molar-refractivity contribution < 1.29 is 4.79 Å². The number of aromatic nitrogens is 1. The Bertz CT molecular complexity index is 874. The molecule has 1 unspecified atom stereocenters. The molecule has 126 valence electrons. The summed E-state index contributed by atoms with van der Waals surface area (Å²) in [5.74, 6) is 0.183. The highest BCUT2D eigenvalue weighted by molar-refractivity contribution is 7.10. The van der Waals surface area contributed by atoms with Crippen molar-refractivity contribution in [3.05, 3.63) is 87.4 Å². The average Bonchev–Trinajstić information content (AvgIpc) is 3.14. The van der Waals surface area contributed by atoms with Gasteiger partial charge in [0.25, 0.3) is 0 Å². The Morgan fingerprint density at radius 3 is 2.96 bits per heavy atom. The number of pyridine rings is 1. The summed E-state index contributed by atoms with van der Waals surface area (Å²) in [7, 11) is 0. The molecule has 1 aliphatic rings. The van der Waals surface area contributed by atoms with Crippen molar-refractivity contribution >= 4 is 17.2 Å². The van der Waals surface area contributed by atoms with Gasteiger partial charge in [-0.05, 0) is 47.5 Å². The van der Waals surface area contributed by atoms with Crippen LogP contribution in [0.1, 0.15) is 33.2 Å². The quantitative estimate of drug-likeness (QED) is 0.712. The van der Waals surface area contributed by atoms with Gasteiger partial charge >= 0.3 is 0 Å². The predicted molar refractivity (Wildman–Crippen MR) is 101 cm³/mol. The number of rotatable bonds is 3. The number of thiophene rings is 1. The second-order valence-corrected chi connectivity index (χ2v) is 7.52. The standard InChI is InChI=1S/C21H20N2OS/c1-15-6-7-19-16(12-15)8-10-23(20(24)13-18-5-3-11-25-18)21(19)17-4-2-9-22-14-17/h2-7,9,11-12,14,21H,8,10,13H2,1H3. The molecule has 1 aromatic carbocycles. The highest BCUT2D eigenvalue weighted by Gasteiger charge is 2.32. The van der Waals surface area contributed by atoms with Crippen molar-refractivity contribution in [2.24, 2.45) is 0 Å². The number of hydrogen-bond acceptors (Lipinski definition) is 3. The summed E-state index contributed by atoms with van der Waals surface area (Å²) in [6.07, 6.45) is 5.03. The van der Waals surface area contributed by atoms with Crippen LogP contribution in [0.4, 0.5) is 0 Å². The summed E-state index contributed by atoms with van der Waals surface area (Å²) in [5, 5.41) is 2.02. The fourth-order valence-corrected chi connectivity index (χ4v) is 4.28. The summed E-state index contributed by atoms with van der Waals surface area (Å²) >= 11 is 1.64. The van der Waals surface area contributed by atoms with Gasteiger partial charge < -0.3 is 4.90 Å². The summed E-state index contributed by atoms with van der Waals surface area (Å²) < 4.78 is 0. The van der Waals surface area contributed by atoms with E-state index in [1.54, 1.807) is 17.5 Å². The maximum atomic E-state index is 13.0. The Morgan fingerprint density at radius 1 is 1.28 bits per heavy atom. The van der Waals surface area contributed by atoms with Crippen LogP contribution >= 0.6 is 11.3 Å². The molecule has 0 bridgehead atoms. The van der Waals surface area contributed by atoms with Gasteiger partial charge in [-0.3, -0.25) is 9.78 Å². The molecule has 0 fully saturated rings. The van der Waals surface area contributed by atoms with Gasteiger partial charge in [-0.1, -0.05) is 35.9 Å². The highest BCUT2D eigenvalue weighted by atomic mass is 32.1. The molecule has 4 rings (SSSR count). The van der Waals surface area contributed by atoms with Crippen LogP contribution in [-0.4, -0.2) is 22.3 Å². The van der Waals surface area contributed by atoms with E-state index in [9.17, 15) is 4.79 Å². The largest absolute Gasteiger partial charge is 0.331 e. The molecule has 3 nitrogen and oxygen atoms in total. The number of amides is 1. The maximum absolute atomic E-state index is 13.0. The van der Waals surface area contributed by atoms with Gasteiger partial charge in [-0.2, -0.15) is 0 Å². The summed E-state index contributed by atoms with van der Waals surface area (Å²) in [4.78, 5) is 20.5. The predicted octanol–water partition coefficient (Wildman–Crippen LogP) is 4.17. The average molecular weight is 348 g/mol. The Labute approximate surface area is 152 Å². The molecule has 0 N–H and O–H groups in total. The first-order valence-corrected chi connectivity index (χ1v) is 9.41. The lowest BCUT2D eigenvalue weighted by Crippen LogP contribution is -2.41. The number of benzene rings is 1. The van der Waals surface area contributed by atoms with E-state index in [-0.39, 0.29) is 11.9 Å². The van der Waals surface area contributed by atoms with E-state index in [0.29, 0.717) is 6.42 Å². The minimum absolute atomic E-state index is 0.0505. The van der Waals surface area contributed by atoms with Crippen molar-refractivity contribution in [2.45, 2.75) is 25.8 Å². The molecule has 3 aromatic rings. The lowest BCUT2D eigenvalue weighted by Gasteiger charge is -2.38.